The second kappa shape index (κ2) is 3.31. The third-order valence-corrected chi connectivity index (χ3v) is 1.36. The van der Waals surface area contributed by atoms with Crippen LogP contribution in [-0.2, 0) is 0 Å². The van der Waals surface area contributed by atoms with Gasteiger partial charge in [0, 0.05) is 5.69 Å². The van der Waals surface area contributed by atoms with Gasteiger partial charge >= 0.3 is 0 Å². The first-order valence-corrected chi connectivity index (χ1v) is 3.47. The Morgan fingerprint density at radius 3 is 2.08 bits per heavy atom. The van der Waals surface area contributed by atoms with Gasteiger partial charge in [-0.1, -0.05) is 42.3 Å². The summed E-state index contributed by atoms with van der Waals surface area (Å²) in [6.07, 6.45) is 0. The highest BCUT2D eigenvalue weighted by molar-refractivity contribution is 5.65. The molecule has 0 spiro atoms. The van der Waals surface area contributed by atoms with Crippen LogP contribution in [0.5, 0.6) is 0 Å². The smallest absolute Gasteiger partial charge is 0.156 e. The van der Waals surface area contributed by atoms with Gasteiger partial charge in [-0.05, 0) is 23.2 Å². The second-order valence-corrected chi connectivity index (χ2v) is 2.22. The van der Waals surface area contributed by atoms with Gasteiger partial charge in [0.1, 0.15) is 0 Å². The molecular weight excluding hydrogens is 158 g/mol. The van der Waals surface area contributed by atoms with Crippen molar-refractivity contribution in [2.75, 3.05) is 5.72 Å². The Bertz CT molecular complexity index is 788. The lowest BCUT2D eigenvalue weighted by molar-refractivity contribution is 1.61. The summed E-state index contributed by atoms with van der Waals surface area (Å²) in [5, 5.41) is 0. The Hall–Kier alpha value is -1.76. The van der Waals surface area contributed by atoms with Gasteiger partial charge in [-0.3, -0.25) is 0 Å². The second-order valence-electron chi connectivity index (χ2n) is 2.22. The van der Waals surface area contributed by atoms with Crippen molar-refractivity contribution < 1.29 is 15.2 Å². The number of hydrogen-bond acceptors (Lipinski definition) is 1. The van der Waals surface area contributed by atoms with Crippen LogP contribution in [0.1, 0.15) is 12.3 Å². The minimum absolute atomic E-state index is 0.0630. The van der Waals surface area contributed by atoms with E-state index in [1.807, 2.05) is 0 Å². The van der Waals surface area contributed by atoms with Gasteiger partial charge in [0.15, 0.2) is 2.82 Å². The van der Waals surface area contributed by atoms with Gasteiger partial charge in [0.2, 0.25) is 0 Å². The van der Waals surface area contributed by atoms with Gasteiger partial charge in [-0.2, -0.15) is 0 Å². The Kier molecular flexibility index (Phi) is 0.556. The van der Waals surface area contributed by atoms with Crippen molar-refractivity contribution in [2.45, 2.75) is 0 Å². The third-order valence-electron chi connectivity index (χ3n) is 1.36. The van der Waals surface area contributed by atoms with E-state index < -0.39 is 71.2 Å². The molecule has 64 valence electrons. The molecule has 2 rings (SSSR count). The maximum Gasteiger partial charge on any atom is 0.156 e. The van der Waals surface area contributed by atoms with Crippen LogP contribution in [0.4, 0.5) is 5.69 Å². The Morgan fingerprint density at radius 1 is 0.846 bits per heavy atom. The monoisotopic (exact) mass is 180 g/mol. The molecule has 0 aliphatic rings. The minimum Gasteiger partial charge on any atom is -0.399 e. The van der Waals surface area contributed by atoms with Gasteiger partial charge < -0.3 is 5.72 Å². The molecule has 0 amide bonds. The molecule has 13 heavy (non-hydrogen) atoms. The normalized spacial score (nSPS) is 21.4. The van der Waals surface area contributed by atoms with E-state index in [9.17, 15) is 0 Å². The average Bonchev–Trinajstić information content (AvgIpc) is 2.52. The quantitative estimate of drug-likeness (QED) is 0.706. The van der Waals surface area contributed by atoms with E-state index in [1.165, 1.54) is 0 Å². The fraction of sp³-hybridized carbons (Fsp3) is 0. The van der Waals surface area contributed by atoms with E-state index in [4.69, 9.17) is 15.2 Å². The summed E-state index contributed by atoms with van der Waals surface area (Å²) in [5.41, 5.74) is -1.58. The number of benzene rings is 2. The molecule has 0 bridgehead atoms. The summed E-state index contributed by atoms with van der Waals surface area (Å²) < 4.78 is 84.6. The molecule has 0 atom stereocenters. The first kappa shape index (κ1) is 2.18. The van der Waals surface area contributed by atoms with Crippen LogP contribution in [0.15, 0.2) is 54.4 Å². The van der Waals surface area contributed by atoms with Crippen molar-refractivity contribution >= 4 is 5.69 Å². The molecule has 0 saturated carbocycles. The minimum atomic E-state index is -0.706. The molecule has 2 aromatic carbocycles. The zero-order valence-corrected chi connectivity index (χ0v) is 6.45. The van der Waals surface area contributed by atoms with Crippen LogP contribution in [0, 0.1) is 0 Å². The standard InChI is InChI=1S/C12H11N/c13-12-8-6-11(7-9-12)10-4-2-1-3-5-10/h1-9H,13H2/i1D,2D,3D,4D,5D,6D,7D,8D,9D/hD2. The number of nitrogens with two attached hydrogens (primary N) is 1. The van der Waals surface area contributed by atoms with Crippen LogP contribution in [0.25, 0.3) is 11.1 Å². The molecule has 2 aromatic rings. The van der Waals surface area contributed by atoms with Crippen molar-refractivity contribution in [2.24, 2.45) is 0 Å². The van der Waals surface area contributed by atoms with Gasteiger partial charge in [0.25, 0.3) is 0 Å². The Morgan fingerprint density at radius 2 is 1.46 bits per heavy atom. The molecule has 0 unspecified atom stereocenters. The third kappa shape index (κ3) is 1.70. The van der Waals surface area contributed by atoms with Crippen molar-refractivity contribution in [1.29, 1.82) is 0 Å². The summed E-state index contributed by atoms with van der Waals surface area (Å²) in [4.78, 5) is 0. The molecule has 0 fully saturated rings. The highest BCUT2D eigenvalue weighted by atomic mass is 14.5. The summed E-state index contributed by atoms with van der Waals surface area (Å²) >= 11 is 0. The molecule has 0 radical (unpaired) electrons. The van der Waals surface area contributed by atoms with Crippen LogP contribution < -0.4 is 5.72 Å². The lowest BCUT2D eigenvalue weighted by atomic mass is 10.1. The summed E-state index contributed by atoms with van der Waals surface area (Å²) in [5.74, 6) is 0. The summed E-state index contributed by atoms with van der Waals surface area (Å²) in [6.45, 7) is 0. The van der Waals surface area contributed by atoms with E-state index in [2.05, 4.69) is 0 Å². The van der Waals surface area contributed by atoms with E-state index in [0.29, 0.717) is 0 Å². The van der Waals surface area contributed by atoms with Crippen LogP contribution in [-0.4, -0.2) is 0 Å². The predicted octanol–water partition coefficient (Wildman–Crippen LogP) is 2.94. The summed E-state index contributed by atoms with van der Waals surface area (Å²) in [7, 11) is 0. The van der Waals surface area contributed by atoms with Gasteiger partial charge in [0.05, 0.1) is 12.3 Å². The SMILES string of the molecule is [2H]c1c([2H])c([2H])c(-c2c([2H])c([2H])c(N([2H])[2H])c([2H])c2[2H])c([2H])c1[2H]. The van der Waals surface area contributed by atoms with E-state index >= 15 is 0 Å². The molecule has 0 heterocycles. The van der Waals surface area contributed by atoms with Crippen molar-refractivity contribution in [3.05, 3.63) is 54.4 Å². The van der Waals surface area contributed by atoms with Crippen molar-refractivity contribution in [3.8, 4) is 11.1 Å². The zero-order valence-electron chi connectivity index (χ0n) is 17.4. The van der Waals surface area contributed by atoms with Crippen LogP contribution >= 0.6 is 0 Å². The highest BCUT2D eigenvalue weighted by Crippen LogP contribution is 2.19. The fourth-order valence-corrected chi connectivity index (χ4v) is 0.806. The molecule has 0 aliphatic carbocycles. The fourth-order valence-electron chi connectivity index (χ4n) is 0.806. The molecule has 0 aliphatic heterocycles. The van der Waals surface area contributed by atoms with E-state index in [-0.39, 0.29) is 5.72 Å². The molecule has 2 N–H and O–H groups in total. The Balaban J connectivity index is 3.01. The zero-order chi connectivity index (χ0) is 18.5. The van der Waals surface area contributed by atoms with Crippen molar-refractivity contribution in [3.63, 3.8) is 0 Å². The van der Waals surface area contributed by atoms with Crippen molar-refractivity contribution in [1.82, 2.24) is 0 Å². The van der Waals surface area contributed by atoms with E-state index in [1.54, 1.807) is 0 Å². The number of nitrogen functional groups attached to an aromatic ring is 1. The van der Waals surface area contributed by atoms with Crippen LogP contribution in [0.3, 0.4) is 0 Å². The summed E-state index contributed by atoms with van der Waals surface area (Å²) in [6, 6.07) is -6.03. The van der Waals surface area contributed by atoms with Crippen LogP contribution in [0.2, 0.25) is 2.82 Å². The van der Waals surface area contributed by atoms with Gasteiger partial charge in [-0.25, -0.2) is 0 Å². The lowest BCUT2D eigenvalue weighted by Gasteiger charge is -2.00. The molecule has 0 aromatic heterocycles. The maximum atomic E-state index is 7.97. The van der Waals surface area contributed by atoms with Gasteiger partial charge in [-0.15, -0.1) is 0 Å². The maximum absolute atomic E-state index is 7.97. The molecule has 1 nitrogen and oxygen atoms in total. The molecule has 0 saturated heterocycles. The van der Waals surface area contributed by atoms with E-state index in [0.717, 1.165) is 0 Å². The first-order chi connectivity index (χ1) is 11.0. The Labute approximate surface area is 93.4 Å². The topological polar surface area (TPSA) is 26.0 Å². The molecular formula is C12H11N. The lowest BCUT2D eigenvalue weighted by Crippen LogP contribution is -1.83. The highest BCUT2D eigenvalue weighted by Gasteiger charge is 1.94. The first-order valence-electron chi connectivity index (χ1n) is 8.87. The predicted molar refractivity (Wildman–Crippen MR) is 56.3 cm³/mol. The number of hydrogen-bond donors (Lipinski definition) is 1. The number of anilines is 1. The number of rotatable bonds is 2. The largest absolute Gasteiger partial charge is 0.399 e. The average molecular weight is 180 g/mol. The molecule has 1 heteroatoms.